The first-order valence-corrected chi connectivity index (χ1v) is 20.6. The molecule has 11 nitrogen and oxygen atoms in total. The Bertz CT molecular complexity index is 2550. The third kappa shape index (κ3) is 6.84. The largest absolute Gasteiger partial charge is 0.478 e. The number of carboxylic acids is 1. The van der Waals surface area contributed by atoms with Gasteiger partial charge in [-0.25, -0.2) is 18.7 Å². The Morgan fingerprint density at radius 2 is 1.71 bits per heavy atom. The Morgan fingerprint density at radius 3 is 2.40 bits per heavy atom. The van der Waals surface area contributed by atoms with Gasteiger partial charge in [-0.1, -0.05) is 49.5 Å². The first kappa shape index (κ1) is 37.0. The van der Waals surface area contributed by atoms with Crippen molar-refractivity contribution in [1.82, 2.24) is 19.9 Å². The fourth-order valence-corrected chi connectivity index (χ4v) is 10.3. The molecule has 0 saturated heterocycles. The number of aryl methyl sites for hydroxylation is 1. The van der Waals surface area contributed by atoms with Crippen LogP contribution in [0.4, 0.5) is 20.4 Å². The first-order valence-electron chi connectivity index (χ1n) is 17.6. The Labute approximate surface area is 317 Å². The number of nitrogens with one attached hydrogen (secondary N) is 1. The Hall–Kier alpha value is -6.28. The van der Waals surface area contributed by atoms with Gasteiger partial charge in [0, 0.05) is 32.2 Å². The summed E-state index contributed by atoms with van der Waals surface area (Å²) >= 11 is 0. The summed E-state index contributed by atoms with van der Waals surface area (Å²) in [7, 11) is 4.48. The Balaban J connectivity index is 1.18. The van der Waals surface area contributed by atoms with Crippen LogP contribution in [0.2, 0.25) is 13.1 Å². The molecule has 1 aliphatic carbocycles. The second-order valence-corrected chi connectivity index (χ2v) is 18.9. The first-order chi connectivity index (χ1) is 26.1. The van der Waals surface area contributed by atoms with Crippen molar-refractivity contribution in [3.05, 3.63) is 129 Å². The lowest BCUT2D eigenvalue weighted by molar-refractivity contribution is -0.463. The number of imidazole rings is 1. The number of anilines is 2. The molecule has 4 N–H and O–H groups in total. The van der Waals surface area contributed by atoms with Crippen molar-refractivity contribution in [2.24, 2.45) is 0 Å². The van der Waals surface area contributed by atoms with Gasteiger partial charge in [0.1, 0.15) is 40.1 Å². The van der Waals surface area contributed by atoms with Crippen LogP contribution < -0.4 is 20.6 Å². The molecule has 280 valence electrons. The van der Waals surface area contributed by atoms with Crippen molar-refractivity contribution in [2.75, 3.05) is 38.8 Å². The van der Waals surface area contributed by atoms with E-state index in [1.807, 2.05) is 36.4 Å². The number of Topliss-reactive ketones (excluding diaryl/α,β-unsaturated/α-hetero) is 1. The van der Waals surface area contributed by atoms with Crippen LogP contribution in [0.3, 0.4) is 0 Å². The number of nitrogen functional groups attached to an aromatic ring is 1. The van der Waals surface area contributed by atoms with Gasteiger partial charge >= 0.3 is 5.97 Å². The normalized spacial score (nSPS) is 14.6. The monoisotopic (exact) mass is 760 g/mol. The van der Waals surface area contributed by atoms with E-state index in [0.717, 1.165) is 21.5 Å². The standard InChI is InChI=1S/C41H39F2N7O4Si/c1-49(2)31-18-34-27(16-29(31)42)36(28-17-30(43)32(50(3)4)19-35(28)55(34,5)6)25-13-12-24(15-26(25)40(52)53)33(51)14-11-22-7-9-23(10-8-22)20-54-39-37-38(46-21-45-37)47-41(44)48-39/h7-10,12-13,15-19,21,44H,11,14,20H2,1-6H3,(H2,51,52,53)/p+1. The van der Waals surface area contributed by atoms with Gasteiger partial charge in [0.25, 0.3) is 0 Å². The summed E-state index contributed by atoms with van der Waals surface area (Å²) in [6, 6.07) is 15.4. The number of fused-ring (bicyclic) bond motifs is 3. The number of aromatic amines is 1. The number of halogens is 2. The van der Waals surface area contributed by atoms with E-state index in [-0.39, 0.29) is 41.4 Å². The number of rotatable bonds is 10. The van der Waals surface area contributed by atoms with Crippen molar-refractivity contribution >= 4 is 59.1 Å². The molecule has 14 heteroatoms. The zero-order valence-corrected chi connectivity index (χ0v) is 32.3. The highest BCUT2D eigenvalue weighted by atomic mass is 28.3. The lowest BCUT2D eigenvalue weighted by Gasteiger charge is -2.38. The van der Waals surface area contributed by atoms with Crippen molar-refractivity contribution in [2.45, 2.75) is 32.5 Å². The maximum atomic E-state index is 15.7. The van der Waals surface area contributed by atoms with E-state index in [9.17, 15) is 14.7 Å². The minimum atomic E-state index is -2.59. The van der Waals surface area contributed by atoms with Crippen LogP contribution in [0, 0.1) is 5.82 Å². The van der Waals surface area contributed by atoms with Crippen LogP contribution >= 0.6 is 0 Å². The number of aromatic carboxylic acids is 1. The molecule has 5 aromatic rings. The smallest absolute Gasteiger partial charge is 0.336 e. The molecule has 1 aliphatic heterocycles. The average molecular weight is 761 g/mol. The van der Waals surface area contributed by atoms with Crippen molar-refractivity contribution < 1.29 is 32.8 Å². The Morgan fingerprint density at radius 1 is 0.982 bits per heavy atom. The van der Waals surface area contributed by atoms with E-state index in [1.54, 1.807) is 49.8 Å². The minimum absolute atomic E-state index is 0.0527. The lowest BCUT2D eigenvalue weighted by atomic mass is 9.85. The number of hydrogen-bond donors (Lipinski definition) is 3. The highest BCUT2D eigenvalue weighted by molar-refractivity contribution is 6.98. The van der Waals surface area contributed by atoms with Gasteiger partial charge in [0.15, 0.2) is 17.3 Å². The number of nitrogens with zero attached hydrogens (tertiary/aromatic N) is 5. The summed E-state index contributed by atoms with van der Waals surface area (Å²) in [6.07, 6.45) is 5.30. The number of carbonyl (C=O) groups is 2. The molecule has 0 spiro atoms. The highest BCUT2D eigenvalue weighted by Gasteiger charge is 2.43. The quantitative estimate of drug-likeness (QED) is 0.0884. The van der Waals surface area contributed by atoms with E-state index in [1.165, 1.54) is 24.5 Å². The highest BCUT2D eigenvalue weighted by Crippen LogP contribution is 2.44. The van der Waals surface area contributed by atoms with Crippen LogP contribution in [0.1, 0.15) is 49.4 Å². The topological polar surface area (TPSA) is 150 Å². The molecule has 0 unspecified atom stereocenters. The minimum Gasteiger partial charge on any atom is -0.478 e. The third-order valence-corrected chi connectivity index (χ3v) is 13.7. The molecule has 0 atom stereocenters. The number of allylic oxidation sites excluding steroid dienone is 5. The summed E-state index contributed by atoms with van der Waals surface area (Å²) in [4.78, 5) is 43.4. The molecule has 0 bridgehead atoms. The average Bonchev–Trinajstić information content (AvgIpc) is 3.61. The van der Waals surface area contributed by atoms with E-state index in [4.69, 9.17) is 10.5 Å². The number of hydrogen-bond acceptors (Lipinski definition) is 8. The molecule has 2 aromatic heterocycles. The maximum absolute atomic E-state index is 15.7. The molecule has 7 rings (SSSR count). The van der Waals surface area contributed by atoms with Gasteiger partial charge in [-0.15, -0.1) is 0 Å². The van der Waals surface area contributed by atoms with Crippen molar-refractivity contribution in [3.8, 4) is 5.88 Å². The second-order valence-electron chi connectivity index (χ2n) is 14.6. The predicted molar refractivity (Wildman–Crippen MR) is 211 cm³/mol. The maximum Gasteiger partial charge on any atom is 0.336 e. The van der Waals surface area contributed by atoms with Crippen LogP contribution in [0.25, 0.3) is 16.7 Å². The van der Waals surface area contributed by atoms with Crippen LogP contribution in [0.5, 0.6) is 5.88 Å². The number of ether oxygens (including phenoxy) is 1. The SMILES string of the molecule is CN(C)c1cc2c(cc1F)C(c1ccc(C(=O)CCc3ccc(COc4nc(N)nc5nc[nH]c45)cc3)cc1C(=O)O)=C1C=C(F)C(=[N+](C)C)C=C1[Si]2(C)C. The number of ketones is 1. The zero-order valence-electron chi connectivity index (χ0n) is 31.3. The second kappa shape index (κ2) is 14.2. The van der Waals surface area contributed by atoms with Crippen LogP contribution in [-0.2, 0) is 13.0 Å². The molecule has 2 aliphatic rings. The Kier molecular flexibility index (Phi) is 9.55. The summed E-state index contributed by atoms with van der Waals surface area (Å²) in [5.41, 5.74) is 11.2. The van der Waals surface area contributed by atoms with Gasteiger partial charge < -0.3 is 25.5 Å². The molecule has 0 fully saturated rings. The molecule has 55 heavy (non-hydrogen) atoms. The number of carbonyl (C=O) groups excluding carboxylic acids is 1. The van der Waals surface area contributed by atoms with Gasteiger partial charge in [-0.05, 0) is 74.5 Å². The third-order valence-electron chi connectivity index (χ3n) is 10.2. The fourth-order valence-electron chi connectivity index (χ4n) is 7.23. The zero-order chi connectivity index (χ0) is 39.3. The van der Waals surface area contributed by atoms with Gasteiger partial charge in [0.05, 0.1) is 17.6 Å². The summed E-state index contributed by atoms with van der Waals surface area (Å²) < 4.78 is 39.0. The lowest BCUT2D eigenvalue weighted by Crippen LogP contribution is -2.50. The van der Waals surface area contributed by atoms with E-state index < -0.39 is 25.7 Å². The van der Waals surface area contributed by atoms with Gasteiger partial charge in [0.2, 0.25) is 17.5 Å². The van der Waals surface area contributed by atoms with E-state index >= 15 is 8.78 Å². The molecule has 3 heterocycles. The van der Waals surface area contributed by atoms with Crippen LogP contribution in [-0.4, -0.2) is 83.3 Å². The predicted octanol–water partition coefficient (Wildman–Crippen LogP) is 6.01. The number of carboxylic acid groups (broad SMARTS) is 1. The molecule has 3 aromatic carbocycles. The van der Waals surface area contributed by atoms with Gasteiger partial charge in [-0.3, -0.25) is 4.79 Å². The number of H-pyrrole nitrogens is 1. The van der Waals surface area contributed by atoms with Crippen LogP contribution in [0.15, 0.2) is 89.7 Å². The number of benzene rings is 3. The van der Waals surface area contributed by atoms with E-state index in [0.29, 0.717) is 51.6 Å². The summed E-state index contributed by atoms with van der Waals surface area (Å²) in [5.74, 6) is -2.10. The summed E-state index contributed by atoms with van der Waals surface area (Å²) in [5, 5.41) is 12.3. The molecule has 0 radical (unpaired) electrons. The molecular formula is C41H40F2N7O4Si+. The summed E-state index contributed by atoms with van der Waals surface area (Å²) in [6.45, 7) is 4.48. The fraction of sp³-hybridized carbons (Fsp3) is 0.220. The molecule has 0 saturated carbocycles. The van der Waals surface area contributed by atoms with Gasteiger partial charge in [-0.2, -0.15) is 14.4 Å². The molecular weight excluding hydrogens is 721 g/mol. The number of nitrogens with two attached hydrogens (primary N) is 1. The van der Waals surface area contributed by atoms with Crippen molar-refractivity contribution in [1.29, 1.82) is 0 Å². The van der Waals surface area contributed by atoms with Crippen molar-refractivity contribution in [3.63, 3.8) is 0 Å². The van der Waals surface area contributed by atoms with E-state index in [2.05, 4.69) is 33.0 Å². The molecule has 0 amide bonds. The number of aromatic nitrogens is 4.